The van der Waals surface area contributed by atoms with Crippen LogP contribution >= 0.6 is 0 Å². The third-order valence-corrected chi connectivity index (χ3v) is 2.76. The van der Waals surface area contributed by atoms with Gasteiger partial charge < -0.3 is 5.32 Å². The van der Waals surface area contributed by atoms with Gasteiger partial charge in [-0.15, -0.1) is 0 Å². The molecule has 0 saturated carbocycles. The fourth-order valence-corrected chi connectivity index (χ4v) is 2.02. The van der Waals surface area contributed by atoms with Crippen LogP contribution in [0.3, 0.4) is 0 Å². The summed E-state index contributed by atoms with van der Waals surface area (Å²) >= 11 is 0. The van der Waals surface area contributed by atoms with E-state index in [9.17, 15) is 9.59 Å². The molecule has 1 rings (SSSR count). The molecule has 19 heavy (non-hydrogen) atoms. The minimum Gasteiger partial charge on any atom is -0.349 e. The first kappa shape index (κ1) is 15.4. The Morgan fingerprint density at radius 2 is 1.74 bits per heavy atom. The van der Waals surface area contributed by atoms with E-state index < -0.39 is 0 Å². The number of carbonyl (C=O) groups is 2. The Kier molecular flexibility index (Phi) is 5.28. The Bertz CT molecular complexity index is 432. The van der Waals surface area contributed by atoms with Crippen LogP contribution in [0, 0.1) is 5.41 Å². The number of ketones is 1. The smallest absolute Gasteiger partial charge is 0.227 e. The highest BCUT2D eigenvalue weighted by Crippen LogP contribution is 2.29. The van der Waals surface area contributed by atoms with E-state index in [-0.39, 0.29) is 29.6 Å². The maximum absolute atomic E-state index is 11.8. The number of benzene rings is 1. The van der Waals surface area contributed by atoms with E-state index in [0.29, 0.717) is 0 Å². The zero-order chi connectivity index (χ0) is 14.5. The standard InChI is InChI=1S/C16H23NO2/c1-12(18)10-15(19)17-14(11-16(2,3)4)13-8-6-5-7-9-13/h5-9,14H,10-11H2,1-4H3,(H,17,19). The summed E-state index contributed by atoms with van der Waals surface area (Å²) in [5, 5.41) is 2.96. The Hall–Kier alpha value is -1.64. The summed E-state index contributed by atoms with van der Waals surface area (Å²) in [5.74, 6) is -0.314. The summed E-state index contributed by atoms with van der Waals surface area (Å²) < 4.78 is 0. The highest BCUT2D eigenvalue weighted by molar-refractivity contribution is 5.96. The van der Waals surface area contributed by atoms with Gasteiger partial charge in [-0.2, -0.15) is 0 Å². The van der Waals surface area contributed by atoms with E-state index in [2.05, 4.69) is 26.1 Å². The minimum absolute atomic E-state index is 0.0481. The molecule has 0 fully saturated rings. The van der Waals surface area contributed by atoms with Crippen molar-refractivity contribution in [1.29, 1.82) is 0 Å². The molecule has 0 aromatic heterocycles. The summed E-state index contributed by atoms with van der Waals surface area (Å²) in [6.45, 7) is 7.85. The monoisotopic (exact) mass is 261 g/mol. The minimum atomic E-state index is -0.203. The van der Waals surface area contributed by atoms with Gasteiger partial charge in [0.1, 0.15) is 5.78 Å². The average molecular weight is 261 g/mol. The van der Waals surface area contributed by atoms with Crippen molar-refractivity contribution in [3.8, 4) is 0 Å². The lowest BCUT2D eigenvalue weighted by Crippen LogP contribution is -2.32. The van der Waals surface area contributed by atoms with Crippen LogP contribution in [0.15, 0.2) is 30.3 Å². The van der Waals surface area contributed by atoms with Crippen LogP contribution in [0.1, 0.15) is 52.1 Å². The molecule has 1 unspecified atom stereocenters. The van der Waals surface area contributed by atoms with Gasteiger partial charge in [0.2, 0.25) is 5.91 Å². The van der Waals surface area contributed by atoms with E-state index in [1.807, 2.05) is 30.3 Å². The van der Waals surface area contributed by atoms with Crippen molar-refractivity contribution in [2.45, 2.75) is 46.6 Å². The van der Waals surface area contributed by atoms with Gasteiger partial charge in [-0.3, -0.25) is 9.59 Å². The zero-order valence-electron chi connectivity index (χ0n) is 12.2. The van der Waals surface area contributed by atoms with Gasteiger partial charge in [-0.1, -0.05) is 51.1 Å². The van der Waals surface area contributed by atoms with Gasteiger partial charge >= 0.3 is 0 Å². The third kappa shape index (κ3) is 6.18. The van der Waals surface area contributed by atoms with E-state index in [0.717, 1.165) is 12.0 Å². The molecule has 0 radical (unpaired) electrons. The van der Waals surface area contributed by atoms with E-state index in [1.54, 1.807) is 0 Å². The van der Waals surface area contributed by atoms with Gasteiger partial charge in [0, 0.05) is 0 Å². The van der Waals surface area contributed by atoms with Crippen molar-refractivity contribution in [2.24, 2.45) is 5.41 Å². The average Bonchev–Trinajstić information content (AvgIpc) is 2.26. The van der Waals surface area contributed by atoms with Crippen LogP contribution in [-0.2, 0) is 9.59 Å². The topological polar surface area (TPSA) is 46.2 Å². The number of amides is 1. The molecular weight excluding hydrogens is 238 g/mol. The predicted molar refractivity (Wildman–Crippen MR) is 76.7 cm³/mol. The summed E-state index contributed by atoms with van der Waals surface area (Å²) in [6.07, 6.45) is 0.786. The van der Waals surface area contributed by atoms with Crippen molar-refractivity contribution < 1.29 is 9.59 Å². The van der Waals surface area contributed by atoms with Crippen LogP contribution in [0.5, 0.6) is 0 Å². The Morgan fingerprint density at radius 3 is 2.21 bits per heavy atom. The predicted octanol–water partition coefficient (Wildman–Crippen LogP) is 3.26. The van der Waals surface area contributed by atoms with Crippen LogP contribution in [0.4, 0.5) is 0 Å². The van der Waals surface area contributed by atoms with Gasteiger partial charge in [0.25, 0.3) is 0 Å². The molecule has 1 amide bonds. The molecule has 0 aliphatic heterocycles. The number of hydrogen-bond donors (Lipinski definition) is 1. The molecule has 1 atom stereocenters. The van der Waals surface area contributed by atoms with Gasteiger partial charge in [0.05, 0.1) is 12.5 Å². The lowest BCUT2D eigenvalue weighted by molar-refractivity contribution is -0.127. The molecule has 0 aliphatic rings. The fourth-order valence-electron chi connectivity index (χ4n) is 2.02. The summed E-state index contributed by atoms with van der Waals surface area (Å²) in [5.41, 5.74) is 1.18. The first-order valence-electron chi connectivity index (χ1n) is 6.62. The highest BCUT2D eigenvalue weighted by atomic mass is 16.2. The molecule has 3 heteroatoms. The first-order valence-corrected chi connectivity index (χ1v) is 6.62. The molecule has 0 saturated heterocycles. The second kappa shape index (κ2) is 6.50. The second-order valence-corrected chi connectivity index (χ2v) is 6.17. The summed E-state index contributed by atoms with van der Waals surface area (Å²) in [6, 6.07) is 9.84. The number of Topliss-reactive ketones (excluding diaryl/α,β-unsaturated/α-hetero) is 1. The maximum Gasteiger partial charge on any atom is 0.227 e. The van der Waals surface area contributed by atoms with Gasteiger partial charge in [-0.25, -0.2) is 0 Å². The zero-order valence-corrected chi connectivity index (χ0v) is 12.2. The molecule has 1 aromatic rings. The molecule has 1 N–H and O–H groups in total. The van der Waals surface area contributed by atoms with Gasteiger partial charge in [-0.05, 0) is 24.3 Å². The largest absolute Gasteiger partial charge is 0.349 e. The molecule has 0 spiro atoms. The van der Waals surface area contributed by atoms with Crippen molar-refractivity contribution in [2.75, 3.05) is 0 Å². The second-order valence-electron chi connectivity index (χ2n) is 6.17. The Balaban J connectivity index is 2.82. The van der Waals surface area contributed by atoms with Crippen molar-refractivity contribution in [3.63, 3.8) is 0 Å². The lowest BCUT2D eigenvalue weighted by atomic mass is 9.85. The highest BCUT2D eigenvalue weighted by Gasteiger charge is 2.22. The molecule has 1 aromatic carbocycles. The SMILES string of the molecule is CC(=O)CC(=O)NC(CC(C)(C)C)c1ccccc1. The molecular formula is C16H23NO2. The Labute approximate surface area is 115 Å². The molecule has 0 bridgehead atoms. The molecule has 0 heterocycles. The van der Waals surface area contributed by atoms with Crippen LogP contribution in [-0.4, -0.2) is 11.7 Å². The summed E-state index contributed by atoms with van der Waals surface area (Å²) in [4.78, 5) is 22.8. The fraction of sp³-hybridized carbons (Fsp3) is 0.500. The Morgan fingerprint density at radius 1 is 1.16 bits per heavy atom. The molecule has 104 valence electrons. The van der Waals surface area contributed by atoms with Gasteiger partial charge in [0.15, 0.2) is 0 Å². The third-order valence-electron chi connectivity index (χ3n) is 2.76. The van der Waals surface area contributed by atoms with Crippen LogP contribution in [0.2, 0.25) is 0 Å². The number of rotatable bonds is 5. The van der Waals surface area contributed by atoms with E-state index in [1.165, 1.54) is 6.92 Å². The molecule has 0 aliphatic carbocycles. The number of nitrogens with one attached hydrogen (secondary N) is 1. The van der Waals surface area contributed by atoms with Crippen LogP contribution < -0.4 is 5.32 Å². The first-order chi connectivity index (χ1) is 8.78. The quantitative estimate of drug-likeness (QED) is 0.827. The number of hydrogen-bond acceptors (Lipinski definition) is 2. The van der Waals surface area contributed by atoms with E-state index in [4.69, 9.17) is 0 Å². The lowest BCUT2D eigenvalue weighted by Gasteiger charge is -2.27. The maximum atomic E-state index is 11.8. The number of carbonyl (C=O) groups excluding carboxylic acids is 2. The molecule has 3 nitrogen and oxygen atoms in total. The summed E-state index contributed by atoms with van der Waals surface area (Å²) in [7, 11) is 0. The van der Waals surface area contributed by atoms with Crippen LogP contribution in [0.25, 0.3) is 0 Å². The van der Waals surface area contributed by atoms with Crippen molar-refractivity contribution in [3.05, 3.63) is 35.9 Å². The van der Waals surface area contributed by atoms with Crippen molar-refractivity contribution >= 4 is 11.7 Å². The van der Waals surface area contributed by atoms with Crippen molar-refractivity contribution in [1.82, 2.24) is 5.32 Å². The van der Waals surface area contributed by atoms with E-state index >= 15 is 0 Å². The normalized spacial score (nSPS) is 12.8.